The molecule has 0 radical (unpaired) electrons. The van der Waals surface area contributed by atoms with Gasteiger partial charge in [0.15, 0.2) is 5.78 Å². The molecule has 0 aliphatic carbocycles. The highest BCUT2D eigenvalue weighted by molar-refractivity contribution is 8.47. The summed E-state index contributed by atoms with van der Waals surface area (Å²) in [5, 5.41) is 0. The Labute approximate surface area is 128 Å². The van der Waals surface area contributed by atoms with Crippen LogP contribution in [0.5, 0.6) is 0 Å². The van der Waals surface area contributed by atoms with E-state index < -0.39 is 4.75 Å². The van der Waals surface area contributed by atoms with Crippen LogP contribution in [0.3, 0.4) is 0 Å². The van der Waals surface area contributed by atoms with Gasteiger partial charge in [0.05, 0.1) is 6.61 Å². The van der Waals surface area contributed by atoms with Gasteiger partial charge in [0.1, 0.15) is 8.28 Å². The predicted octanol–water partition coefficient (Wildman–Crippen LogP) is 3.61. The van der Waals surface area contributed by atoms with Crippen LogP contribution in [0.1, 0.15) is 33.6 Å². The maximum atomic E-state index is 11.9. The van der Waals surface area contributed by atoms with Crippen molar-refractivity contribution in [3.63, 3.8) is 0 Å². The van der Waals surface area contributed by atoms with Gasteiger partial charge in [-0.2, -0.15) is 0 Å². The van der Waals surface area contributed by atoms with Gasteiger partial charge < -0.3 is 4.74 Å². The lowest BCUT2D eigenvalue weighted by molar-refractivity contribution is -0.146. The first-order chi connectivity index (χ1) is 8.83. The molecule has 0 aromatic heterocycles. The minimum absolute atomic E-state index is 0.0368. The lowest BCUT2D eigenvalue weighted by Crippen LogP contribution is -2.31. The van der Waals surface area contributed by atoms with Crippen LogP contribution < -0.4 is 0 Å². The summed E-state index contributed by atoms with van der Waals surface area (Å²) in [5.74, 6) is 0.550. The van der Waals surface area contributed by atoms with Crippen LogP contribution in [0, 0.1) is 0 Å². The molecule has 0 aromatic carbocycles. The van der Waals surface area contributed by atoms with Gasteiger partial charge in [-0.05, 0) is 32.1 Å². The van der Waals surface area contributed by atoms with E-state index in [0.29, 0.717) is 12.8 Å². The van der Waals surface area contributed by atoms with Gasteiger partial charge >= 0.3 is 5.97 Å². The number of hydrogen-bond donors (Lipinski definition) is 0. The first kappa shape index (κ1) is 18.7. The first-order valence-electron chi connectivity index (χ1n) is 6.01. The van der Waals surface area contributed by atoms with E-state index in [2.05, 4.69) is 6.58 Å². The predicted molar refractivity (Wildman–Crippen MR) is 87.8 cm³/mol. The van der Waals surface area contributed by atoms with Crippen molar-refractivity contribution >= 4 is 51.0 Å². The quantitative estimate of drug-likeness (QED) is 0.294. The molecule has 108 valence electrons. The molecule has 0 rings (SSSR count). The van der Waals surface area contributed by atoms with Gasteiger partial charge in [0.25, 0.3) is 0 Å². The van der Waals surface area contributed by atoms with E-state index in [4.69, 9.17) is 17.0 Å². The number of esters is 1. The lowest BCUT2D eigenvalue weighted by Gasteiger charge is -2.21. The van der Waals surface area contributed by atoms with E-state index >= 15 is 0 Å². The number of ketones is 1. The maximum absolute atomic E-state index is 11.9. The standard InChI is InChI=1S/C13H20O3S3/c1-5-10(14)8-7-9-16-11(15)13(3,4)19-12(17)18-6-2/h5H,1,6-9H2,2-4H3. The highest BCUT2D eigenvalue weighted by Gasteiger charge is 2.31. The molecule has 0 bridgehead atoms. The monoisotopic (exact) mass is 320 g/mol. The van der Waals surface area contributed by atoms with E-state index in [1.54, 1.807) is 25.6 Å². The molecule has 0 spiro atoms. The summed E-state index contributed by atoms with van der Waals surface area (Å²) in [6, 6.07) is 0. The third-order valence-electron chi connectivity index (χ3n) is 2.12. The molecule has 19 heavy (non-hydrogen) atoms. The summed E-state index contributed by atoms with van der Waals surface area (Å²) in [4.78, 5) is 22.9. The fourth-order valence-electron chi connectivity index (χ4n) is 1.08. The number of carbonyl (C=O) groups excluding carboxylic acids is 2. The van der Waals surface area contributed by atoms with Gasteiger partial charge in [0.2, 0.25) is 0 Å². The van der Waals surface area contributed by atoms with Crippen LogP contribution in [-0.2, 0) is 14.3 Å². The van der Waals surface area contributed by atoms with Gasteiger partial charge in [-0.15, -0.1) is 11.8 Å². The number of allylic oxidation sites excluding steroid dienone is 1. The fourth-order valence-corrected chi connectivity index (χ4v) is 4.07. The second-order valence-corrected chi connectivity index (χ2v) is 8.30. The topological polar surface area (TPSA) is 43.4 Å². The average molecular weight is 321 g/mol. The summed E-state index contributed by atoms with van der Waals surface area (Å²) in [5.41, 5.74) is 0. The molecule has 0 heterocycles. The van der Waals surface area contributed by atoms with Crippen LogP contribution in [-0.4, -0.2) is 32.4 Å². The highest BCUT2D eigenvalue weighted by atomic mass is 32.2. The molecular weight excluding hydrogens is 300 g/mol. The molecule has 0 unspecified atom stereocenters. The zero-order valence-corrected chi connectivity index (χ0v) is 14.0. The summed E-state index contributed by atoms with van der Waals surface area (Å²) in [6.07, 6.45) is 2.15. The van der Waals surface area contributed by atoms with Gasteiger partial charge in [-0.1, -0.05) is 37.5 Å². The minimum Gasteiger partial charge on any atom is -0.465 e. The maximum Gasteiger partial charge on any atom is 0.322 e. The van der Waals surface area contributed by atoms with Crippen LogP contribution in [0.15, 0.2) is 12.7 Å². The Kier molecular flexibility index (Phi) is 9.39. The number of carbonyl (C=O) groups is 2. The Morgan fingerprint density at radius 3 is 2.58 bits per heavy atom. The SMILES string of the molecule is C=CC(=O)CCCOC(=O)C(C)(C)SC(=S)SCC. The molecule has 0 fully saturated rings. The second kappa shape index (κ2) is 9.55. The Hall–Kier alpha value is -0.330. The molecule has 0 saturated heterocycles. The van der Waals surface area contributed by atoms with Gasteiger partial charge in [-0.3, -0.25) is 9.59 Å². The van der Waals surface area contributed by atoms with Crippen molar-refractivity contribution in [1.82, 2.24) is 0 Å². The van der Waals surface area contributed by atoms with Crippen LogP contribution in [0.2, 0.25) is 0 Å². The van der Waals surface area contributed by atoms with E-state index in [9.17, 15) is 9.59 Å². The number of rotatable bonds is 8. The van der Waals surface area contributed by atoms with E-state index in [-0.39, 0.29) is 18.4 Å². The minimum atomic E-state index is -0.693. The number of hydrogen-bond acceptors (Lipinski definition) is 6. The van der Waals surface area contributed by atoms with E-state index in [1.807, 2.05) is 6.92 Å². The summed E-state index contributed by atoms with van der Waals surface area (Å²) >= 11 is 8.05. The van der Waals surface area contributed by atoms with Crippen molar-refractivity contribution in [3.8, 4) is 0 Å². The van der Waals surface area contributed by atoms with Crippen LogP contribution >= 0.6 is 35.7 Å². The first-order valence-corrected chi connectivity index (χ1v) is 8.22. The van der Waals surface area contributed by atoms with Crippen LogP contribution in [0.4, 0.5) is 0 Å². The van der Waals surface area contributed by atoms with Crippen molar-refractivity contribution in [2.45, 2.75) is 38.4 Å². The van der Waals surface area contributed by atoms with E-state index in [0.717, 1.165) is 9.28 Å². The van der Waals surface area contributed by atoms with Crippen molar-refractivity contribution in [3.05, 3.63) is 12.7 Å². The zero-order chi connectivity index (χ0) is 14.9. The van der Waals surface area contributed by atoms with Crippen molar-refractivity contribution in [2.75, 3.05) is 12.4 Å². The Morgan fingerprint density at radius 2 is 2.05 bits per heavy atom. The normalized spacial score (nSPS) is 10.9. The Morgan fingerprint density at radius 1 is 1.42 bits per heavy atom. The molecule has 0 aliphatic rings. The summed E-state index contributed by atoms with van der Waals surface area (Å²) in [7, 11) is 0. The van der Waals surface area contributed by atoms with Crippen molar-refractivity contribution in [2.24, 2.45) is 0 Å². The summed E-state index contributed by atoms with van der Waals surface area (Å²) in [6.45, 7) is 9.22. The van der Waals surface area contributed by atoms with E-state index in [1.165, 1.54) is 17.8 Å². The Bertz CT molecular complexity index is 351. The third-order valence-corrected chi connectivity index (χ3v) is 4.70. The number of thiocarbonyl (C=S) groups is 1. The van der Waals surface area contributed by atoms with Crippen molar-refractivity contribution in [1.29, 1.82) is 0 Å². The molecule has 0 N–H and O–H groups in total. The van der Waals surface area contributed by atoms with Gasteiger partial charge in [-0.25, -0.2) is 0 Å². The average Bonchev–Trinajstić information content (AvgIpc) is 2.33. The molecule has 0 saturated carbocycles. The Balaban J connectivity index is 4.07. The number of thioether (sulfide) groups is 2. The molecular formula is C13H20O3S3. The van der Waals surface area contributed by atoms with Crippen molar-refractivity contribution < 1.29 is 14.3 Å². The number of ether oxygens (including phenoxy) is 1. The second-order valence-electron chi connectivity index (χ2n) is 4.21. The molecule has 0 atom stereocenters. The largest absolute Gasteiger partial charge is 0.465 e. The zero-order valence-electron chi connectivity index (χ0n) is 11.6. The molecule has 0 aliphatic heterocycles. The molecule has 6 heteroatoms. The van der Waals surface area contributed by atoms with Crippen LogP contribution in [0.25, 0.3) is 0 Å². The lowest BCUT2D eigenvalue weighted by atomic mass is 10.2. The third kappa shape index (κ3) is 8.44. The fraction of sp³-hybridized carbons (Fsp3) is 0.615. The molecule has 0 amide bonds. The smallest absolute Gasteiger partial charge is 0.322 e. The van der Waals surface area contributed by atoms with Gasteiger partial charge in [0, 0.05) is 6.42 Å². The highest BCUT2D eigenvalue weighted by Crippen LogP contribution is 2.31. The summed E-state index contributed by atoms with van der Waals surface area (Å²) < 4.78 is 5.21. The molecule has 3 nitrogen and oxygen atoms in total. The molecule has 0 aromatic rings.